The predicted molar refractivity (Wildman–Crippen MR) is 113 cm³/mol. The standard InChI is InChI=1S/C24H24N2O3/c1-2-13-29-20-9-7-18(8-10-20)17-5-3-16(4-6-17)14-19-15-21-22(27)11-12-25-24(28)23(21)26-19/h3-10,15,26H,2,11-14H2,1H3,(H,25,28). The lowest BCUT2D eigenvalue weighted by molar-refractivity contribution is 0.0951. The first-order chi connectivity index (χ1) is 14.1. The van der Waals surface area contributed by atoms with Crippen LogP contribution in [0.3, 0.4) is 0 Å². The average molecular weight is 388 g/mol. The Labute approximate surface area is 170 Å². The number of amides is 1. The van der Waals surface area contributed by atoms with Crippen molar-refractivity contribution in [2.45, 2.75) is 26.2 Å². The van der Waals surface area contributed by atoms with Crippen molar-refractivity contribution in [1.82, 2.24) is 10.3 Å². The number of benzene rings is 2. The molecule has 29 heavy (non-hydrogen) atoms. The summed E-state index contributed by atoms with van der Waals surface area (Å²) >= 11 is 0. The van der Waals surface area contributed by atoms with Gasteiger partial charge in [0.05, 0.1) is 6.61 Å². The molecule has 2 N–H and O–H groups in total. The molecule has 1 aromatic heterocycles. The van der Waals surface area contributed by atoms with Crippen LogP contribution in [0.1, 0.15) is 51.9 Å². The maximum absolute atomic E-state index is 12.2. The van der Waals surface area contributed by atoms with Gasteiger partial charge in [-0.2, -0.15) is 0 Å². The number of nitrogens with one attached hydrogen (secondary N) is 2. The molecule has 0 bridgehead atoms. The molecule has 5 nitrogen and oxygen atoms in total. The minimum Gasteiger partial charge on any atom is -0.494 e. The number of carbonyl (C=O) groups is 2. The molecule has 1 amide bonds. The number of hydrogen-bond donors (Lipinski definition) is 2. The summed E-state index contributed by atoms with van der Waals surface area (Å²) in [5, 5.41) is 2.75. The Morgan fingerprint density at radius 1 is 0.966 bits per heavy atom. The van der Waals surface area contributed by atoms with E-state index >= 15 is 0 Å². The summed E-state index contributed by atoms with van der Waals surface area (Å²) in [6, 6.07) is 18.2. The Morgan fingerprint density at radius 2 is 1.66 bits per heavy atom. The normalized spacial score (nSPS) is 13.6. The summed E-state index contributed by atoms with van der Waals surface area (Å²) in [6.45, 7) is 3.21. The van der Waals surface area contributed by atoms with Gasteiger partial charge in [-0.15, -0.1) is 0 Å². The van der Waals surface area contributed by atoms with Crippen LogP contribution in [-0.4, -0.2) is 29.8 Å². The van der Waals surface area contributed by atoms with Gasteiger partial charge in [0.15, 0.2) is 5.78 Å². The summed E-state index contributed by atoms with van der Waals surface area (Å²) in [6.07, 6.45) is 1.97. The zero-order chi connectivity index (χ0) is 20.2. The zero-order valence-electron chi connectivity index (χ0n) is 16.5. The van der Waals surface area contributed by atoms with E-state index in [0.717, 1.165) is 41.2 Å². The number of aromatic amines is 1. The quantitative estimate of drug-likeness (QED) is 0.658. The van der Waals surface area contributed by atoms with Gasteiger partial charge in [0.1, 0.15) is 11.4 Å². The van der Waals surface area contributed by atoms with Crippen molar-refractivity contribution >= 4 is 11.7 Å². The molecule has 1 aliphatic rings. The van der Waals surface area contributed by atoms with Crippen LogP contribution in [-0.2, 0) is 6.42 Å². The molecule has 4 rings (SSSR count). The Hall–Kier alpha value is -3.34. The van der Waals surface area contributed by atoms with Gasteiger partial charge in [-0.05, 0) is 41.3 Å². The molecular formula is C24H24N2O3. The fourth-order valence-corrected chi connectivity index (χ4v) is 3.52. The van der Waals surface area contributed by atoms with Gasteiger partial charge in [0.25, 0.3) is 5.91 Å². The number of hydrogen-bond acceptors (Lipinski definition) is 3. The number of rotatable bonds is 6. The smallest absolute Gasteiger partial charge is 0.268 e. The lowest BCUT2D eigenvalue weighted by Crippen LogP contribution is -2.23. The summed E-state index contributed by atoms with van der Waals surface area (Å²) in [7, 11) is 0. The predicted octanol–water partition coefficient (Wildman–Crippen LogP) is 4.38. The molecule has 1 aliphatic heterocycles. The van der Waals surface area contributed by atoms with E-state index < -0.39 is 0 Å². The minimum absolute atomic E-state index is 0.00237. The highest BCUT2D eigenvalue weighted by Gasteiger charge is 2.23. The van der Waals surface area contributed by atoms with Crippen LogP contribution < -0.4 is 10.1 Å². The highest BCUT2D eigenvalue weighted by Crippen LogP contribution is 2.24. The van der Waals surface area contributed by atoms with Crippen molar-refractivity contribution in [3.63, 3.8) is 0 Å². The Kier molecular flexibility index (Phi) is 5.47. The van der Waals surface area contributed by atoms with Crippen molar-refractivity contribution in [2.75, 3.05) is 13.2 Å². The number of aromatic nitrogens is 1. The average Bonchev–Trinajstić information content (AvgIpc) is 3.12. The molecule has 0 atom stereocenters. The third-order valence-corrected chi connectivity index (χ3v) is 5.05. The third kappa shape index (κ3) is 4.24. The molecule has 5 heteroatoms. The SMILES string of the molecule is CCCOc1ccc(-c2ccc(Cc3cc4c([nH]3)C(=O)NCCC4=O)cc2)cc1. The van der Waals surface area contributed by atoms with Crippen molar-refractivity contribution in [1.29, 1.82) is 0 Å². The second-order valence-corrected chi connectivity index (χ2v) is 7.26. The number of carbonyl (C=O) groups excluding carboxylic acids is 2. The second-order valence-electron chi connectivity index (χ2n) is 7.26. The van der Waals surface area contributed by atoms with Crippen LogP contribution in [0.25, 0.3) is 11.1 Å². The van der Waals surface area contributed by atoms with Gasteiger partial charge < -0.3 is 15.0 Å². The van der Waals surface area contributed by atoms with Crippen molar-refractivity contribution in [3.05, 3.63) is 77.1 Å². The molecule has 0 unspecified atom stereocenters. The zero-order valence-corrected chi connectivity index (χ0v) is 16.5. The van der Waals surface area contributed by atoms with E-state index in [2.05, 4.69) is 53.6 Å². The molecule has 2 heterocycles. The van der Waals surface area contributed by atoms with Crippen LogP contribution in [0.4, 0.5) is 0 Å². The van der Waals surface area contributed by atoms with Crippen molar-refractivity contribution < 1.29 is 14.3 Å². The monoisotopic (exact) mass is 388 g/mol. The van der Waals surface area contributed by atoms with Gasteiger partial charge in [0, 0.05) is 30.6 Å². The number of ether oxygens (including phenoxy) is 1. The van der Waals surface area contributed by atoms with E-state index in [-0.39, 0.29) is 11.7 Å². The molecule has 0 saturated heterocycles. The van der Waals surface area contributed by atoms with Crippen LogP contribution in [0.5, 0.6) is 5.75 Å². The molecule has 148 valence electrons. The first-order valence-corrected chi connectivity index (χ1v) is 9.99. The van der Waals surface area contributed by atoms with Crippen molar-refractivity contribution in [3.8, 4) is 16.9 Å². The molecule has 0 aliphatic carbocycles. The first kappa shape index (κ1) is 19.0. The fourth-order valence-electron chi connectivity index (χ4n) is 3.52. The largest absolute Gasteiger partial charge is 0.494 e. The van der Waals surface area contributed by atoms with Gasteiger partial charge in [-0.3, -0.25) is 9.59 Å². The van der Waals surface area contributed by atoms with Crippen LogP contribution >= 0.6 is 0 Å². The lowest BCUT2D eigenvalue weighted by Gasteiger charge is -2.07. The van der Waals surface area contributed by atoms with Gasteiger partial charge in [0.2, 0.25) is 0 Å². The van der Waals surface area contributed by atoms with Crippen LogP contribution in [0, 0.1) is 0 Å². The summed E-state index contributed by atoms with van der Waals surface area (Å²) in [5.41, 5.74) is 5.12. The Balaban J connectivity index is 1.48. The van der Waals surface area contributed by atoms with Gasteiger partial charge in [-0.1, -0.05) is 43.3 Å². The third-order valence-electron chi connectivity index (χ3n) is 5.05. The summed E-state index contributed by atoms with van der Waals surface area (Å²) < 4.78 is 5.63. The molecule has 0 saturated carbocycles. The van der Waals surface area contributed by atoms with Gasteiger partial charge >= 0.3 is 0 Å². The number of H-pyrrole nitrogens is 1. The van der Waals surface area contributed by atoms with Crippen molar-refractivity contribution in [2.24, 2.45) is 0 Å². The Bertz CT molecular complexity index is 984. The van der Waals surface area contributed by atoms with E-state index in [4.69, 9.17) is 4.74 Å². The van der Waals surface area contributed by atoms with E-state index in [0.29, 0.717) is 30.6 Å². The highest BCUT2D eigenvalue weighted by molar-refractivity contribution is 6.09. The second kappa shape index (κ2) is 8.35. The highest BCUT2D eigenvalue weighted by atomic mass is 16.5. The molecule has 0 spiro atoms. The number of Topliss-reactive ketones (excluding diaryl/α,β-unsaturated/α-hetero) is 1. The van der Waals surface area contributed by atoms with Crippen LogP contribution in [0.2, 0.25) is 0 Å². The number of fused-ring (bicyclic) bond motifs is 1. The van der Waals surface area contributed by atoms with E-state index in [1.807, 2.05) is 18.2 Å². The maximum Gasteiger partial charge on any atom is 0.268 e. The minimum atomic E-state index is -0.209. The summed E-state index contributed by atoms with van der Waals surface area (Å²) in [4.78, 5) is 27.4. The van der Waals surface area contributed by atoms with E-state index in [1.165, 1.54) is 0 Å². The topological polar surface area (TPSA) is 71.2 Å². The van der Waals surface area contributed by atoms with E-state index in [9.17, 15) is 9.59 Å². The molecular weight excluding hydrogens is 364 g/mol. The first-order valence-electron chi connectivity index (χ1n) is 9.99. The maximum atomic E-state index is 12.2. The fraction of sp³-hybridized carbons (Fsp3) is 0.250. The van der Waals surface area contributed by atoms with Gasteiger partial charge in [-0.25, -0.2) is 0 Å². The molecule has 0 radical (unpaired) electrons. The molecule has 2 aromatic carbocycles. The summed E-state index contributed by atoms with van der Waals surface area (Å²) in [5.74, 6) is 0.679. The van der Waals surface area contributed by atoms with Crippen LogP contribution in [0.15, 0.2) is 54.6 Å². The lowest BCUT2D eigenvalue weighted by atomic mass is 10.0. The molecule has 0 fully saturated rings. The Morgan fingerprint density at radius 3 is 2.34 bits per heavy atom. The van der Waals surface area contributed by atoms with E-state index in [1.54, 1.807) is 0 Å². The number of ketones is 1. The molecule has 3 aromatic rings.